The van der Waals surface area contributed by atoms with E-state index in [9.17, 15) is 14.4 Å². The van der Waals surface area contributed by atoms with E-state index in [1.807, 2.05) is 0 Å². The van der Waals surface area contributed by atoms with E-state index in [1.54, 1.807) is 43.3 Å². The van der Waals surface area contributed by atoms with Gasteiger partial charge in [-0.1, -0.05) is 18.2 Å². The van der Waals surface area contributed by atoms with Gasteiger partial charge in [-0.15, -0.1) is 0 Å². The van der Waals surface area contributed by atoms with Gasteiger partial charge in [-0.05, 0) is 25.1 Å². The number of nitrogens with one attached hydrogen (secondary N) is 2. The van der Waals surface area contributed by atoms with Crippen LogP contribution in [0.1, 0.15) is 24.3 Å². The molecule has 0 aliphatic carbocycles. The van der Waals surface area contributed by atoms with Crippen molar-refractivity contribution in [3.8, 4) is 5.75 Å². The molecule has 1 aromatic heterocycles. The van der Waals surface area contributed by atoms with Gasteiger partial charge in [-0.3, -0.25) is 4.79 Å². The zero-order valence-electron chi connectivity index (χ0n) is 16.6. The smallest absolute Gasteiger partial charge is 0.338 e. The molecular weight excluding hydrogens is 392 g/mol. The molecule has 30 heavy (non-hydrogen) atoms. The van der Waals surface area contributed by atoms with Gasteiger partial charge in [0, 0.05) is 5.56 Å². The van der Waals surface area contributed by atoms with Crippen LogP contribution in [0.5, 0.6) is 5.75 Å². The summed E-state index contributed by atoms with van der Waals surface area (Å²) in [4.78, 5) is 37.0. The Morgan fingerprint density at radius 2 is 1.93 bits per heavy atom. The third-order valence-electron chi connectivity index (χ3n) is 4.38. The highest BCUT2D eigenvalue weighted by Crippen LogP contribution is 2.28. The third kappa shape index (κ3) is 4.80. The molecule has 0 spiro atoms. The van der Waals surface area contributed by atoms with Crippen LogP contribution in [0.2, 0.25) is 0 Å². The van der Waals surface area contributed by atoms with Crippen LogP contribution >= 0.6 is 0 Å². The van der Waals surface area contributed by atoms with Crippen LogP contribution in [-0.4, -0.2) is 38.3 Å². The first-order valence-corrected chi connectivity index (χ1v) is 9.32. The molecular formula is C21H22N2O7. The Bertz CT molecular complexity index is 950. The molecule has 0 saturated heterocycles. The molecule has 1 atom stereocenters. The standard InChI is InChI=1S/C21H22N2O7/c1-3-28-20(25)18-14(22-21(26)23-19(18)16-9-6-10-29-16)12-30-17(24)11-13-7-4-5-8-15(13)27-2/h4-10,19H,3,11-12H2,1-2H3,(H2,22,23,26). The summed E-state index contributed by atoms with van der Waals surface area (Å²) in [7, 11) is 1.51. The van der Waals surface area contributed by atoms with Crippen molar-refractivity contribution in [1.82, 2.24) is 10.6 Å². The minimum atomic E-state index is -0.865. The Hall–Kier alpha value is -3.75. The zero-order chi connectivity index (χ0) is 21.5. The Morgan fingerprint density at radius 1 is 1.13 bits per heavy atom. The number of benzene rings is 1. The first-order chi connectivity index (χ1) is 14.5. The van der Waals surface area contributed by atoms with Crippen molar-refractivity contribution >= 4 is 18.0 Å². The maximum atomic E-state index is 12.6. The van der Waals surface area contributed by atoms with E-state index in [2.05, 4.69) is 10.6 Å². The Labute approximate surface area is 173 Å². The van der Waals surface area contributed by atoms with Gasteiger partial charge in [-0.25, -0.2) is 9.59 Å². The molecule has 2 amide bonds. The fraction of sp³-hybridized carbons (Fsp3) is 0.286. The van der Waals surface area contributed by atoms with Gasteiger partial charge in [0.15, 0.2) is 0 Å². The number of esters is 2. The molecule has 9 nitrogen and oxygen atoms in total. The summed E-state index contributed by atoms with van der Waals surface area (Å²) in [6.45, 7) is 1.50. The van der Waals surface area contributed by atoms with Crippen molar-refractivity contribution in [3.63, 3.8) is 0 Å². The predicted octanol–water partition coefficient (Wildman–Crippen LogP) is 2.25. The van der Waals surface area contributed by atoms with Crippen LogP contribution in [0.3, 0.4) is 0 Å². The summed E-state index contributed by atoms with van der Waals surface area (Å²) in [5, 5.41) is 5.15. The molecule has 1 unspecified atom stereocenters. The largest absolute Gasteiger partial charge is 0.496 e. The lowest BCUT2D eigenvalue weighted by Crippen LogP contribution is -2.47. The molecule has 9 heteroatoms. The fourth-order valence-corrected chi connectivity index (χ4v) is 3.06. The normalized spacial score (nSPS) is 15.8. The number of hydrogen-bond donors (Lipinski definition) is 2. The maximum absolute atomic E-state index is 12.6. The van der Waals surface area contributed by atoms with E-state index < -0.39 is 24.0 Å². The second-order valence-corrected chi connectivity index (χ2v) is 6.31. The summed E-state index contributed by atoms with van der Waals surface area (Å²) in [5.74, 6) is -0.278. The van der Waals surface area contributed by atoms with Gasteiger partial charge in [0.1, 0.15) is 24.2 Å². The number of ether oxygens (including phenoxy) is 3. The van der Waals surface area contributed by atoms with E-state index in [0.717, 1.165) is 0 Å². The summed E-state index contributed by atoms with van der Waals surface area (Å²) in [5.41, 5.74) is 0.899. The minimum absolute atomic E-state index is 0.0279. The Morgan fingerprint density at radius 3 is 2.63 bits per heavy atom. The summed E-state index contributed by atoms with van der Waals surface area (Å²) in [6, 6.07) is 8.92. The van der Waals surface area contributed by atoms with Gasteiger partial charge < -0.3 is 29.3 Å². The first-order valence-electron chi connectivity index (χ1n) is 9.32. The average molecular weight is 414 g/mol. The van der Waals surface area contributed by atoms with Crippen molar-refractivity contribution in [1.29, 1.82) is 0 Å². The minimum Gasteiger partial charge on any atom is -0.496 e. The van der Waals surface area contributed by atoms with Gasteiger partial charge in [0.25, 0.3) is 0 Å². The molecule has 1 aliphatic rings. The SMILES string of the molecule is CCOC(=O)C1=C(COC(=O)Cc2ccccc2OC)NC(=O)NC1c1ccco1. The number of carbonyl (C=O) groups excluding carboxylic acids is 3. The molecule has 0 bridgehead atoms. The predicted molar refractivity (Wildman–Crippen MR) is 104 cm³/mol. The Kier molecular flexibility index (Phi) is 6.74. The monoisotopic (exact) mass is 414 g/mol. The highest BCUT2D eigenvalue weighted by Gasteiger charge is 2.35. The fourth-order valence-electron chi connectivity index (χ4n) is 3.06. The number of amides is 2. The lowest BCUT2D eigenvalue weighted by molar-refractivity contribution is -0.143. The number of furan rings is 1. The molecule has 0 radical (unpaired) electrons. The average Bonchev–Trinajstić information content (AvgIpc) is 3.27. The number of para-hydroxylation sites is 1. The van der Waals surface area contributed by atoms with Crippen LogP contribution < -0.4 is 15.4 Å². The molecule has 1 aliphatic heterocycles. The second kappa shape index (κ2) is 9.64. The van der Waals surface area contributed by atoms with E-state index in [4.69, 9.17) is 18.6 Å². The number of methoxy groups -OCH3 is 1. The van der Waals surface area contributed by atoms with Gasteiger partial charge in [0.05, 0.1) is 37.7 Å². The van der Waals surface area contributed by atoms with Crippen LogP contribution in [-0.2, 0) is 25.5 Å². The molecule has 3 rings (SSSR count). The van der Waals surface area contributed by atoms with E-state index in [1.165, 1.54) is 13.4 Å². The lowest BCUT2D eigenvalue weighted by atomic mass is 10.0. The topological polar surface area (TPSA) is 116 Å². The van der Waals surface area contributed by atoms with Gasteiger partial charge in [-0.2, -0.15) is 0 Å². The molecule has 1 aromatic carbocycles. The number of hydrogen-bond acceptors (Lipinski definition) is 7. The number of urea groups is 1. The molecule has 158 valence electrons. The molecule has 2 N–H and O–H groups in total. The van der Waals surface area contributed by atoms with Crippen molar-refractivity contribution in [2.24, 2.45) is 0 Å². The van der Waals surface area contributed by atoms with Gasteiger partial charge in [0.2, 0.25) is 0 Å². The molecule has 0 fully saturated rings. The van der Waals surface area contributed by atoms with Crippen molar-refractivity contribution in [2.45, 2.75) is 19.4 Å². The second-order valence-electron chi connectivity index (χ2n) is 6.31. The summed E-state index contributed by atoms with van der Waals surface area (Å²) in [6.07, 6.45) is 1.40. The van der Waals surface area contributed by atoms with Crippen LogP contribution in [0.15, 0.2) is 58.3 Å². The summed E-state index contributed by atoms with van der Waals surface area (Å²) < 4.78 is 21.0. The van der Waals surface area contributed by atoms with E-state index in [0.29, 0.717) is 17.1 Å². The molecule has 2 aromatic rings. The molecule has 2 heterocycles. The quantitative estimate of drug-likeness (QED) is 0.637. The zero-order valence-corrected chi connectivity index (χ0v) is 16.6. The highest BCUT2D eigenvalue weighted by molar-refractivity contribution is 5.95. The molecule has 0 saturated carbocycles. The van der Waals surface area contributed by atoms with Crippen LogP contribution in [0, 0.1) is 0 Å². The first kappa shape index (κ1) is 21.0. The van der Waals surface area contributed by atoms with E-state index >= 15 is 0 Å². The van der Waals surface area contributed by atoms with Crippen LogP contribution in [0.25, 0.3) is 0 Å². The van der Waals surface area contributed by atoms with Crippen molar-refractivity contribution in [2.75, 3.05) is 20.3 Å². The summed E-state index contributed by atoms with van der Waals surface area (Å²) >= 11 is 0. The van der Waals surface area contributed by atoms with Crippen LogP contribution in [0.4, 0.5) is 4.79 Å². The highest BCUT2D eigenvalue weighted by atomic mass is 16.5. The third-order valence-corrected chi connectivity index (χ3v) is 4.38. The lowest BCUT2D eigenvalue weighted by Gasteiger charge is -2.27. The number of rotatable bonds is 8. The van der Waals surface area contributed by atoms with Crippen molar-refractivity contribution in [3.05, 3.63) is 65.3 Å². The maximum Gasteiger partial charge on any atom is 0.338 e. The van der Waals surface area contributed by atoms with E-state index in [-0.39, 0.29) is 30.9 Å². The van der Waals surface area contributed by atoms with Gasteiger partial charge >= 0.3 is 18.0 Å². The van der Waals surface area contributed by atoms with Crippen molar-refractivity contribution < 1.29 is 33.0 Å². The Balaban J connectivity index is 1.80. The number of carbonyl (C=O) groups is 3.